The van der Waals surface area contributed by atoms with Crippen molar-refractivity contribution in [1.29, 1.82) is 0 Å². The van der Waals surface area contributed by atoms with Crippen molar-refractivity contribution < 1.29 is 18.7 Å². The number of carbonyl (C=O) groups is 2. The summed E-state index contributed by atoms with van der Waals surface area (Å²) >= 11 is 11.8. The van der Waals surface area contributed by atoms with E-state index in [1.165, 1.54) is 19.2 Å². The average molecular weight is 383 g/mol. The molecule has 0 bridgehead atoms. The fraction of sp³-hybridized carbons (Fsp3) is 0.176. The quantitative estimate of drug-likeness (QED) is 0.815. The van der Waals surface area contributed by atoms with Gasteiger partial charge in [-0.05, 0) is 36.4 Å². The van der Waals surface area contributed by atoms with Gasteiger partial charge in [-0.1, -0.05) is 23.2 Å². The maximum atomic E-state index is 13.3. The smallest absolute Gasteiger partial charge is 0.256 e. The van der Waals surface area contributed by atoms with E-state index in [9.17, 15) is 14.0 Å². The molecule has 1 unspecified atom stereocenters. The Morgan fingerprint density at radius 2 is 1.92 bits per heavy atom. The minimum Gasteiger partial charge on any atom is -0.495 e. The van der Waals surface area contributed by atoms with Crippen molar-refractivity contribution in [3.8, 4) is 5.75 Å². The lowest BCUT2D eigenvalue weighted by Crippen LogP contribution is -2.34. The number of imide groups is 1. The van der Waals surface area contributed by atoms with Gasteiger partial charge in [0.15, 0.2) is 0 Å². The largest absolute Gasteiger partial charge is 0.495 e. The molecule has 8 heteroatoms. The van der Waals surface area contributed by atoms with Gasteiger partial charge in [0.05, 0.1) is 29.3 Å². The van der Waals surface area contributed by atoms with Gasteiger partial charge in [0, 0.05) is 5.69 Å². The van der Waals surface area contributed by atoms with Gasteiger partial charge in [0.25, 0.3) is 5.91 Å². The van der Waals surface area contributed by atoms with Gasteiger partial charge >= 0.3 is 0 Å². The second kappa shape index (κ2) is 6.90. The highest BCUT2D eigenvalue weighted by atomic mass is 35.5. The number of hydrogen-bond acceptors (Lipinski definition) is 4. The van der Waals surface area contributed by atoms with Crippen LogP contribution in [0.4, 0.5) is 15.8 Å². The third-order valence-electron chi connectivity index (χ3n) is 3.80. The van der Waals surface area contributed by atoms with Crippen LogP contribution in [0.2, 0.25) is 10.0 Å². The highest BCUT2D eigenvalue weighted by Gasteiger charge is 2.39. The second-order valence-electron chi connectivity index (χ2n) is 5.42. The summed E-state index contributed by atoms with van der Waals surface area (Å²) in [6.45, 7) is 0. The van der Waals surface area contributed by atoms with E-state index in [4.69, 9.17) is 27.9 Å². The van der Waals surface area contributed by atoms with Crippen LogP contribution in [0.25, 0.3) is 0 Å². The summed E-state index contributed by atoms with van der Waals surface area (Å²) in [4.78, 5) is 25.8. The summed E-state index contributed by atoms with van der Waals surface area (Å²) in [7, 11) is 1.50. The first kappa shape index (κ1) is 17.5. The Hall–Kier alpha value is -2.31. The Morgan fingerprint density at radius 1 is 1.16 bits per heavy atom. The molecule has 2 aromatic carbocycles. The van der Waals surface area contributed by atoms with Crippen LogP contribution in [-0.2, 0) is 9.59 Å². The van der Waals surface area contributed by atoms with Gasteiger partial charge in [0.1, 0.15) is 17.6 Å². The molecule has 3 rings (SSSR count). The van der Waals surface area contributed by atoms with Crippen molar-refractivity contribution in [2.45, 2.75) is 12.5 Å². The number of nitrogens with one attached hydrogen (secondary N) is 1. The molecule has 1 aliphatic rings. The number of amides is 2. The molecule has 1 atom stereocenters. The predicted octanol–water partition coefficient (Wildman–Crippen LogP) is 3.89. The molecule has 1 aliphatic heterocycles. The molecule has 0 aromatic heterocycles. The highest BCUT2D eigenvalue weighted by molar-refractivity contribution is 6.32. The number of anilines is 2. The predicted molar refractivity (Wildman–Crippen MR) is 93.9 cm³/mol. The molecule has 1 fully saturated rings. The summed E-state index contributed by atoms with van der Waals surface area (Å²) in [5.41, 5.74) is 0.814. The Bertz CT molecular complexity index is 860. The summed E-state index contributed by atoms with van der Waals surface area (Å²) < 4.78 is 18.4. The topological polar surface area (TPSA) is 58.6 Å². The van der Waals surface area contributed by atoms with Gasteiger partial charge in [-0.15, -0.1) is 0 Å². The molecule has 1 N–H and O–H groups in total. The molecular weight excluding hydrogens is 370 g/mol. The minimum atomic E-state index is -0.749. The number of nitrogens with zero attached hydrogens (tertiary/aromatic N) is 1. The van der Waals surface area contributed by atoms with Crippen LogP contribution in [0.1, 0.15) is 6.42 Å². The van der Waals surface area contributed by atoms with Crippen molar-refractivity contribution in [3.63, 3.8) is 0 Å². The number of benzene rings is 2. The van der Waals surface area contributed by atoms with Crippen LogP contribution in [0.15, 0.2) is 36.4 Å². The normalized spacial score (nSPS) is 17.1. The Balaban J connectivity index is 1.81. The van der Waals surface area contributed by atoms with Crippen molar-refractivity contribution in [1.82, 2.24) is 0 Å². The Kier molecular flexibility index (Phi) is 4.83. The van der Waals surface area contributed by atoms with Gasteiger partial charge in [-0.25, -0.2) is 9.29 Å². The van der Waals surface area contributed by atoms with Gasteiger partial charge in [-0.2, -0.15) is 0 Å². The molecular formula is C17H13Cl2FN2O3. The molecule has 2 aromatic rings. The van der Waals surface area contributed by atoms with E-state index in [1.807, 2.05) is 0 Å². The molecule has 2 amide bonds. The van der Waals surface area contributed by atoms with Crippen LogP contribution >= 0.6 is 23.2 Å². The third-order valence-corrected chi connectivity index (χ3v) is 4.39. The maximum absolute atomic E-state index is 13.3. The monoisotopic (exact) mass is 382 g/mol. The zero-order valence-electron chi connectivity index (χ0n) is 13.1. The summed E-state index contributed by atoms with van der Waals surface area (Å²) in [6.07, 6.45) is -0.0303. The van der Waals surface area contributed by atoms with E-state index < -0.39 is 23.7 Å². The number of ether oxygens (including phenoxy) is 1. The maximum Gasteiger partial charge on any atom is 0.256 e. The summed E-state index contributed by atoms with van der Waals surface area (Å²) in [5.74, 6) is -0.958. The second-order valence-corrected chi connectivity index (χ2v) is 6.23. The molecule has 0 radical (unpaired) electrons. The standard InChI is InChI=1S/C17H13Cl2FN2O3/c1-25-15-5-2-9(6-12(15)19)21-14-8-16(23)22(17(14)24)10-3-4-13(20)11(18)7-10/h2-7,14,21H,8H2,1H3. The van der Waals surface area contributed by atoms with Crippen LogP contribution in [0.5, 0.6) is 5.75 Å². The summed E-state index contributed by atoms with van der Waals surface area (Å²) in [5, 5.41) is 3.20. The fourth-order valence-corrected chi connectivity index (χ4v) is 3.03. The van der Waals surface area contributed by atoms with Gasteiger partial charge in [-0.3, -0.25) is 9.59 Å². The number of hydrogen-bond donors (Lipinski definition) is 1. The van der Waals surface area contributed by atoms with E-state index in [2.05, 4.69) is 5.32 Å². The first-order valence-electron chi connectivity index (χ1n) is 7.32. The lowest BCUT2D eigenvalue weighted by molar-refractivity contribution is -0.121. The zero-order valence-corrected chi connectivity index (χ0v) is 14.6. The molecule has 25 heavy (non-hydrogen) atoms. The zero-order chi connectivity index (χ0) is 18.1. The Labute approximate surface area is 153 Å². The molecule has 130 valence electrons. The van der Waals surface area contributed by atoms with Crippen LogP contribution in [0, 0.1) is 5.82 Å². The van der Waals surface area contributed by atoms with Crippen LogP contribution in [-0.4, -0.2) is 25.0 Å². The number of halogens is 3. The highest BCUT2D eigenvalue weighted by Crippen LogP contribution is 2.31. The van der Waals surface area contributed by atoms with E-state index in [1.54, 1.807) is 18.2 Å². The third kappa shape index (κ3) is 3.41. The average Bonchev–Trinajstić information content (AvgIpc) is 2.84. The number of methoxy groups -OCH3 is 1. The van der Waals surface area contributed by atoms with Gasteiger partial charge < -0.3 is 10.1 Å². The molecule has 1 saturated heterocycles. The van der Waals surface area contributed by atoms with Crippen molar-refractivity contribution in [2.75, 3.05) is 17.3 Å². The van der Waals surface area contributed by atoms with Crippen LogP contribution < -0.4 is 15.0 Å². The fourth-order valence-electron chi connectivity index (χ4n) is 2.60. The molecule has 0 spiro atoms. The van der Waals surface area contributed by atoms with E-state index >= 15 is 0 Å². The summed E-state index contributed by atoms with van der Waals surface area (Å²) in [6, 6.07) is 7.91. The lowest BCUT2D eigenvalue weighted by atomic mass is 10.2. The van der Waals surface area contributed by atoms with E-state index in [-0.39, 0.29) is 17.1 Å². The van der Waals surface area contributed by atoms with E-state index in [0.717, 1.165) is 11.0 Å². The van der Waals surface area contributed by atoms with Crippen LogP contribution in [0.3, 0.4) is 0 Å². The van der Waals surface area contributed by atoms with Crippen molar-refractivity contribution in [2.24, 2.45) is 0 Å². The number of rotatable bonds is 4. The lowest BCUT2D eigenvalue weighted by Gasteiger charge is -2.17. The van der Waals surface area contributed by atoms with Crippen molar-refractivity contribution >= 4 is 46.4 Å². The van der Waals surface area contributed by atoms with E-state index in [0.29, 0.717) is 16.5 Å². The molecule has 5 nitrogen and oxygen atoms in total. The number of carbonyl (C=O) groups excluding carboxylic acids is 2. The SMILES string of the molecule is COc1ccc(NC2CC(=O)N(c3ccc(F)c(Cl)c3)C2=O)cc1Cl. The van der Waals surface area contributed by atoms with Gasteiger partial charge in [0.2, 0.25) is 5.91 Å². The molecule has 1 heterocycles. The van der Waals surface area contributed by atoms with Crippen molar-refractivity contribution in [3.05, 3.63) is 52.3 Å². The first-order chi connectivity index (χ1) is 11.9. The molecule has 0 aliphatic carbocycles. The molecule has 0 saturated carbocycles. The minimum absolute atomic E-state index is 0.0303. The Morgan fingerprint density at radius 3 is 2.56 bits per heavy atom. The first-order valence-corrected chi connectivity index (χ1v) is 8.08.